The van der Waals surface area contributed by atoms with Crippen LogP contribution in [0.3, 0.4) is 0 Å². The number of hydrogen-bond donors (Lipinski definition) is 3. The van der Waals surface area contributed by atoms with Crippen LogP contribution in [-0.2, 0) is 14.3 Å². The molecule has 47 heavy (non-hydrogen) atoms. The van der Waals surface area contributed by atoms with Crippen molar-refractivity contribution in [1.82, 2.24) is 0 Å². The fourth-order valence-electron chi connectivity index (χ4n) is 7.59. The third-order valence-electron chi connectivity index (χ3n) is 10.4. The SMILES string of the molecule is CC1=C[C@H](/C=C(\C)C2CCC(C(=O)O)CC2)[C@@]2(C(=O)O)C=C[C@H](CCOC(=O)c3ccc(NC(=O)c4ccc(C)cc4)cc3)C[C@H]2C1. The van der Waals surface area contributed by atoms with Gasteiger partial charge in [-0.25, -0.2) is 4.79 Å². The number of benzene rings is 2. The van der Waals surface area contributed by atoms with Crippen molar-refractivity contribution in [1.29, 1.82) is 0 Å². The number of allylic oxidation sites excluding steroid dienone is 5. The lowest BCUT2D eigenvalue weighted by molar-refractivity contribution is -0.152. The summed E-state index contributed by atoms with van der Waals surface area (Å²) >= 11 is 0. The molecule has 0 radical (unpaired) electrons. The van der Waals surface area contributed by atoms with Crippen LogP contribution in [0.5, 0.6) is 0 Å². The minimum atomic E-state index is -1.04. The number of carbonyl (C=O) groups excluding carboxylic acids is 2. The second kappa shape index (κ2) is 14.5. The maximum Gasteiger partial charge on any atom is 0.338 e. The van der Waals surface area contributed by atoms with Crippen molar-refractivity contribution < 1.29 is 34.1 Å². The Labute approximate surface area is 276 Å². The highest BCUT2D eigenvalue weighted by molar-refractivity contribution is 6.04. The number of fused-ring (bicyclic) bond motifs is 1. The lowest BCUT2D eigenvalue weighted by atomic mass is 9.56. The zero-order valence-electron chi connectivity index (χ0n) is 27.4. The number of carboxylic acids is 2. The smallest absolute Gasteiger partial charge is 0.338 e. The van der Waals surface area contributed by atoms with E-state index >= 15 is 0 Å². The first-order chi connectivity index (χ1) is 22.5. The Morgan fingerprint density at radius 3 is 2.19 bits per heavy atom. The fourth-order valence-corrected chi connectivity index (χ4v) is 7.59. The molecule has 0 unspecified atom stereocenters. The van der Waals surface area contributed by atoms with Gasteiger partial charge in [0.2, 0.25) is 0 Å². The van der Waals surface area contributed by atoms with E-state index in [2.05, 4.69) is 31.3 Å². The van der Waals surface area contributed by atoms with Crippen LogP contribution in [-0.4, -0.2) is 40.6 Å². The second-order valence-corrected chi connectivity index (χ2v) is 13.7. The standard InChI is InChI=1S/C39H45NO7/c1-24-4-6-29(7-5-24)35(41)40-34-14-12-31(13-15-34)37(44)47-19-17-27-16-18-39(38(45)46)32(20-25(2)21-33(39)23-27)22-26(3)28-8-10-30(11-9-28)36(42)43/h4-7,12-16,18,20,22,27-28,30,32-33H,8-11,17,19,21,23H2,1-3H3,(H,40,41)(H,42,43)(H,45,46)/b26-22+/t27-,28?,30?,32-,33-,39+/m1/s1. The van der Waals surface area contributed by atoms with Crippen molar-refractivity contribution in [3.63, 3.8) is 0 Å². The highest BCUT2D eigenvalue weighted by atomic mass is 16.5. The Kier molecular flexibility index (Phi) is 10.5. The van der Waals surface area contributed by atoms with Gasteiger partial charge < -0.3 is 20.3 Å². The van der Waals surface area contributed by atoms with Gasteiger partial charge in [-0.15, -0.1) is 0 Å². The lowest BCUT2D eigenvalue weighted by Gasteiger charge is -2.46. The number of esters is 1. The van der Waals surface area contributed by atoms with Crippen molar-refractivity contribution >= 4 is 29.5 Å². The predicted molar refractivity (Wildman–Crippen MR) is 180 cm³/mol. The summed E-state index contributed by atoms with van der Waals surface area (Å²) in [6.07, 6.45) is 13.0. The first-order valence-corrected chi connectivity index (χ1v) is 16.6. The predicted octanol–water partition coefficient (Wildman–Crippen LogP) is 7.86. The van der Waals surface area contributed by atoms with Crippen molar-refractivity contribution in [3.8, 4) is 0 Å². The lowest BCUT2D eigenvalue weighted by Crippen LogP contribution is -2.47. The molecule has 2 aromatic rings. The van der Waals surface area contributed by atoms with Gasteiger partial charge in [0.05, 0.1) is 23.5 Å². The average Bonchev–Trinajstić information content (AvgIpc) is 3.05. The third-order valence-corrected chi connectivity index (χ3v) is 10.4. The van der Waals surface area contributed by atoms with Crippen molar-refractivity contribution in [2.75, 3.05) is 11.9 Å². The van der Waals surface area contributed by atoms with Crippen LogP contribution in [0.4, 0.5) is 5.69 Å². The van der Waals surface area contributed by atoms with Crippen LogP contribution in [0.15, 0.2) is 84.0 Å². The number of rotatable bonds is 10. The van der Waals surface area contributed by atoms with Gasteiger partial charge in [0.1, 0.15) is 0 Å². The zero-order valence-corrected chi connectivity index (χ0v) is 27.4. The summed E-state index contributed by atoms with van der Waals surface area (Å²) < 4.78 is 5.59. The normalized spacial score (nSPS) is 27.3. The van der Waals surface area contributed by atoms with Gasteiger partial charge in [0.15, 0.2) is 0 Å². The molecule has 0 spiro atoms. The maximum atomic E-state index is 13.0. The number of aryl methyl sites for hydroxylation is 1. The van der Waals surface area contributed by atoms with Gasteiger partial charge in [-0.05, 0) is 120 Å². The molecule has 5 rings (SSSR count). The van der Waals surface area contributed by atoms with E-state index in [1.807, 2.05) is 31.2 Å². The number of amides is 1. The summed E-state index contributed by atoms with van der Waals surface area (Å²) in [5.41, 5.74) is 3.87. The minimum Gasteiger partial charge on any atom is -0.481 e. The van der Waals surface area contributed by atoms with E-state index in [1.165, 1.54) is 5.57 Å². The average molecular weight is 640 g/mol. The minimum absolute atomic E-state index is 0.0857. The van der Waals surface area contributed by atoms with Gasteiger partial charge in [-0.3, -0.25) is 14.4 Å². The molecule has 0 aromatic heterocycles. The van der Waals surface area contributed by atoms with Crippen molar-refractivity contribution in [3.05, 3.63) is 101 Å². The topological polar surface area (TPSA) is 130 Å². The van der Waals surface area contributed by atoms with Crippen LogP contribution < -0.4 is 5.32 Å². The van der Waals surface area contributed by atoms with Gasteiger partial charge in [0.25, 0.3) is 5.91 Å². The summed E-state index contributed by atoms with van der Waals surface area (Å²) in [4.78, 5) is 49.6. The van der Waals surface area contributed by atoms with Gasteiger partial charge in [-0.1, -0.05) is 53.1 Å². The van der Waals surface area contributed by atoms with E-state index in [0.717, 1.165) is 24.0 Å². The van der Waals surface area contributed by atoms with Gasteiger partial charge in [0, 0.05) is 17.2 Å². The maximum absolute atomic E-state index is 13.0. The number of carboxylic acid groups (broad SMARTS) is 2. The molecule has 0 saturated heterocycles. The molecule has 8 nitrogen and oxygen atoms in total. The number of aliphatic carboxylic acids is 2. The summed E-state index contributed by atoms with van der Waals surface area (Å²) in [6, 6.07) is 13.9. The number of nitrogens with one attached hydrogen (secondary N) is 1. The molecule has 1 amide bonds. The molecule has 1 saturated carbocycles. The molecule has 0 heterocycles. The molecule has 0 aliphatic heterocycles. The zero-order chi connectivity index (χ0) is 33.7. The summed E-state index contributed by atoms with van der Waals surface area (Å²) in [6.45, 7) is 6.30. The van der Waals surface area contributed by atoms with Gasteiger partial charge in [-0.2, -0.15) is 0 Å². The molecule has 2 aromatic carbocycles. The Balaban J connectivity index is 1.18. The molecule has 4 atom stereocenters. The Morgan fingerprint density at radius 2 is 1.55 bits per heavy atom. The Hall–Kier alpha value is -4.46. The number of hydrogen-bond acceptors (Lipinski definition) is 5. The number of ether oxygens (including phenoxy) is 1. The fraction of sp³-hybridized carbons (Fsp3) is 0.436. The number of anilines is 1. The van der Waals surface area contributed by atoms with Crippen LogP contribution in [0.1, 0.15) is 85.1 Å². The van der Waals surface area contributed by atoms with E-state index in [-0.39, 0.29) is 42.1 Å². The third kappa shape index (κ3) is 7.75. The molecular weight excluding hydrogens is 594 g/mol. The monoisotopic (exact) mass is 639 g/mol. The van der Waals surface area contributed by atoms with Crippen molar-refractivity contribution in [2.45, 2.75) is 65.7 Å². The van der Waals surface area contributed by atoms with E-state index in [4.69, 9.17) is 4.74 Å². The van der Waals surface area contributed by atoms with E-state index in [0.29, 0.717) is 48.9 Å². The summed E-state index contributed by atoms with van der Waals surface area (Å²) in [5, 5.41) is 22.8. The Morgan fingerprint density at radius 1 is 0.915 bits per heavy atom. The molecular formula is C39H45NO7. The first kappa shape index (κ1) is 33.9. The summed E-state index contributed by atoms with van der Waals surface area (Å²) in [7, 11) is 0. The van der Waals surface area contributed by atoms with Crippen LogP contribution in [0.2, 0.25) is 0 Å². The highest BCUT2D eigenvalue weighted by Gasteiger charge is 2.52. The Bertz CT molecular complexity index is 1580. The molecule has 3 aliphatic carbocycles. The molecule has 1 fully saturated rings. The largest absolute Gasteiger partial charge is 0.481 e. The van der Waals surface area contributed by atoms with Crippen LogP contribution >= 0.6 is 0 Å². The molecule has 248 valence electrons. The quantitative estimate of drug-likeness (QED) is 0.178. The highest BCUT2D eigenvalue weighted by Crippen LogP contribution is 2.53. The first-order valence-electron chi connectivity index (χ1n) is 16.6. The molecule has 0 bridgehead atoms. The van der Waals surface area contributed by atoms with Gasteiger partial charge >= 0.3 is 17.9 Å². The van der Waals surface area contributed by atoms with Crippen LogP contribution in [0, 0.1) is 41.9 Å². The molecule has 3 N–H and O–H groups in total. The molecule has 3 aliphatic rings. The van der Waals surface area contributed by atoms with Crippen molar-refractivity contribution in [2.24, 2.45) is 35.0 Å². The summed E-state index contributed by atoms with van der Waals surface area (Å²) in [5.74, 6) is -2.52. The van der Waals surface area contributed by atoms with E-state index in [9.17, 15) is 29.4 Å². The number of carbonyl (C=O) groups is 4. The van der Waals surface area contributed by atoms with Crippen LogP contribution in [0.25, 0.3) is 0 Å². The van der Waals surface area contributed by atoms with E-state index < -0.39 is 23.3 Å². The molecule has 8 heteroatoms. The second-order valence-electron chi connectivity index (χ2n) is 13.7. The van der Waals surface area contributed by atoms with E-state index in [1.54, 1.807) is 36.4 Å².